The molecule has 2 bridgehead atoms. The number of fused-ring (bicyclic) bond motifs is 3. The Morgan fingerprint density at radius 2 is 2.08 bits per heavy atom. The molecule has 0 spiro atoms. The van der Waals surface area contributed by atoms with E-state index in [4.69, 9.17) is 16.3 Å². The van der Waals surface area contributed by atoms with Crippen LogP contribution in [-0.2, 0) is 0 Å². The van der Waals surface area contributed by atoms with Crippen LogP contribution >= 0.6 is 34.3 Å². The monoisotopic (exact) mass is 552 g/mol. The Balaban J connectivity index is 1.27. The zero-order valence-corrected chi connectivity index (χ0v) is 22.5. The number of hydrogen-bond donors (Lipinski definition) is 1. The van der Waals surface area contributed by atoms with Gasteiger partial charge in [0.2, 0.25) is 0 Å². The zero-order chi connectivity index (χ0) is 25.5. The van der Waals surface area contributed by atoms with Crippen molar-refractivity contribution >= 4 is 56.3 Å². The molecule has 0 unspecified atom stereocenters. The summed E-state index contributed by atoms with van der Waals surface area (Å²) in [6.45, 7) is 2.76. The van der Waals surface area contributed by atoms with Gasteiger partial charge in [0.25, 0.3) is 17.0 Å². The van der Waals surface area contributed by atoms with Crippen LogP contribution in [0.25, 0.3) is 20.7 Å². The standard InChI is InChI=1S/C27H25ClN4O3S2/c1-2-35-27-31-22(23(37-27)16-5-3-6-17(28)11-16)26(34)32-18-10-9-15(12-18)21(32)13-29-25(33)19-7-4-8-20-24(19)36-14-30-20/h3-8,11,14-15,18,21H,2,9-10,12-13H2,1H3,(H,29,33)/t15-,18+,21+/m0/s1. The van der Waals surface area contributed by atoms with Gasteiger partial charge in [-0.3, -0.25) is 9.59 Å². The quantitative estimate of drug-likeness (QED) is 0.309. The van der Waals surface area contributed by atoms with Gasteiger partial charge in [-0.15, -0.1) is 11.3 Å². The highest BCUT2D eigenvalue weighted by Gasteiger charge is 2.49. The first kappa shape index (κ1) is 24.3. The van der Waals surface area contributed by atoms with Gasteiger partial charge in [0.05, 0.1) is 38.8 Å². The van der Waals surface area contributed by atoms with E-state index < -0.39 is 0 Å². The molecule has 1 aliphatic carbocycles. The fourth-order valence-electron chi connectivity index (χ4n) is 5.61. The number of piperidine rings is 1. The predicted molar refractivity (Wildman–Crippen MR) is 147 cm³/mol. The molecular weight excluding hydrogens is 528 g/mol. The van der Waals surface area contributed by atoms with Crippen molar-refractivity contribution in [2.75, 3.05) is 13.2 Å². The van der Waals surface area contributed by atoms with Crippen LogP contribution < -0.4 is 10.1 Å². The summed E-state index contributed by atoms with van der Waals surface area (Å²) in [5.74, 6) is 0.0955. The molecule has 1 aliphatic heterocycles. The van der Waals surface area contributed by atoms with Gasteiger partial charge in [-0.05, 0) is 61.9 Å². The number of thiazole rings is 2. The molecule has 1 N–H and O–H groups in total. The summed E-state index contributed by atoms with van der Waals surface area (Å²) in [5, 5.41) is 4.17. The van der Waals surface area contributed by atoms with E-state index in [1.807, 2.05) is 54.3 Å². The molecule has 10 heteroatoms. The Kier molecular flexibility index (Phi) is 6.60. The number of benzene rings is 2. The minimum atomic E-state index is -0.142. The molecule has 37 heavy (non-hydrogen) atoms. The third kappa shape index (κ3) is 4.49. The lowest BCUT2D eigenvalue weighted by molar-refractivity contribution is 0.0577. The predicted octanol–water partition coefficient (Wildman–Crippen LogP) is 5.90. The minimum absolute atomic E-state index is 0.0830. The fourth-order valence-corrected chi connectivity index (χ4v) is 7.56. The molecule has 190 valence electrons. The number of likely N-dealkylation sites (tertiary alicyclic amines) is 1. The van der Waals surface area contributed by atoms with E-state index in [9.17, 15) is 9.59 Å². The number of rotatable bonds is 7. The highest BCUT2D eigenvalue weighted by atomic mass is 35.5. The maximum Gasteiger partial charge on any atom is 0.274 e. The van der Waals surface area contributed by atoms with Crippen LogP contribution in [-0.4, -0.2) is 51.9 Å². The molecule has 6 rings (SSSR count). The lowest BCUT2D eigenvalue weighted by Gasteiger charge is -2.35. The van der Waals surface area contributed by atoms with Crippen LogP contribution in [0.3, 0.4) is 0 Å². The molecular formula is C27H25ClN4O3S2. The van der Waals surface area contributed by atoms with Crippen molar-refractivity contribution in [3.8, 4) is 15.6 Å². The SMILES string of the molecule is CCOc1nc(C(=O)N2[C@@H]3CC[C@@H](C3)[C@H]2CNC(=O)c2cccc3ncsc23)c(-c2cccc(Cl)c2)s1. The fraction of sp³-hybridized carbons (Fsp3) is 0.333. The first-order valence-corrected chi connectivity index (χ1v) is 14.4. The van der Waals surface area contributed by atoms with Crippen molar-refractivity contribution in [3.05, 3.63) is 64.3 Å². The van der Waals surface area contributed by atoms with E-state index in [0.29, 0.717) is 40.5 Å². The van der Waals surface area contributed by atoms with Crippen LogP contribution in [0.1, 0.15) is 47.0 Å². The van der Waals surface area contributed by atoms with Gasteiger partial charge in [0.15, 0.2) is 5.69 Å². The molecule has 3 heterocycles. The van der Waals surface area contributed by atoms with Crippen molar-refractivity contribution in [3.63, 3.8) is 0 Å². The van der Waals surface area contributed by atoms with E-state index in [1.165, 1.54) is 22.7 Å². The summed E-state index contributed by atoms with van der Waals surface area (Å²) in [4.78, 5) is 38.8. The minimum Gasteiger partial charge on any atom is -0.470 e. The van der Waals surface area contributed by atoms with E-state index in [2.05, 4.69) is 15.3 Å². The number of nitrogens with one attached hydrogen (secondary N) is 1. The molecule has 2 amide bonds. The second-order valence-electron chi connectivity index (χ2n) is 9.32. The maximum absolute atomic E-state index is 14.1. The molecule has 2 fully saturated rings. The third-order valence-electron chi connectivity index (χ3n) is 7.21. The van der Waals surface area contributed by atoms with E-state index in [-0.39, 0.29) is 23.9 Å². The van der Waals surface area contributed by atoms with Gasteiger partial charge in [-0.2, -0.15) is 4.98 Å². The van der Waals surface area contributed by atoms with Gasteiger partial charge in [-0.25, -0.2) is 4.98 Å². The summed E-state index contributed by atoms with van der Waals surface area (Å²) >= 11 is 9.08. The van der Waals surface area contributed by atoms with Gasteiger partial charge in [0.1, 0.15) is 0 Å². The number of halogens is 1. The highest BCUT2D eigenvalue weighted by Crippen LogP contribution is 2.44. The third-order valence-corrected chi connectivity index (χ3v) is 9.34. The summed E-state index contributed by atoms with van der Waals surface area (Å²) in [6.07, 6.45) is 2.98. The average molecular weight is 553 g/mol. The zero-order valence-electron chi connectivity index (χ0n) is 20.1. The number of ether oxygens (including phenoxy) is 1. The first-order chi connectivity index (χ1) is 18.0. The van der Waals surface area contributed by atoms with Crippen molar-refractivity contribution < 1.29 is 14.3 Å². The second-order valence-corrected chi connectivity index (χ2v) is 11.6. The number of amides is 2. The van der Waals surface area contributed by atoms with Crippen LogP contribution in [0.2, 0.25) is 5.02 Å². The van der Waals surface area contributed by atoms with Gasteiger partial charge >= 0.3 is 0 Å². The molecule has 4 aromatic rings. The normalized spacial score (nSPS) is 20.5. The highest BCUT2D eigenvalue weighted by molar-refractivity contribution is 7.17. The number of carbonyl (C=O) groups excluding carboxylic acids is 2. The molecule has 1 saturated carbocycles. The van der Waals surface area contributed by atoms with Crippen LogP contribution in [0, 0.1) is 5.92 Å². The Morgan fingerprint density at radius 1 is 1.22 bits per heavy atom. The van der Waals surface area contributed by atoms with Crippen molar-refractivity contribution in [2.45, 2.75) is 38.3 Å². The Labute approximate surface area is 227 Å². The molecule has 2 aromatic heterocycles. The molecule has 7 nitrogen and oxygen atoms in total. The summed E-state index contributed by atoms with van der Waals surface area (Å²) < 4.78 is 6.55. The van der Waals surface area contributed by atoms with Gasteiger partial charge < -0.3 is 15.0 Å². The average Bonchev–Trinajstić information content (AvgIpc) is 3.70. The van der Waals surface area contributed by atoms with Crippen molar-refractivity contribution in [1.82, 2.24) is 20.2 Å². The van der Waals surface area contributed by atoms with Crippen molar-refractivity contribution in [2.24, 2.45) is 5.92 Å². The largest absolute Gasteiger partial charge is 0.470 e. The Bertz CT molecular complexity index is 1490. The van der Waals surface area contributed by atoms with Crippen LogP contribution in [0.4, 0.5) is 0 Å². The van der Waals surface area contributed by atoms with E-state index in [0.717, 1.165) is 39.9 Å². The van der Waals surface area contributed by atoms with Gasteiger partial charge in [0, 0.05) is 17.6 Å². The molecule has 3 atom stereocenters. The Morgan fingerprint density at radius 3 is 2.92 bits per heavy atom. The smallest absolute Gasteiger partial charge is 0.274 e. The molecule has 2 aromatic carbocycles. The second kappa shape index (κ2) is 10.0. The molecule has 0 radical (unpaired) electrons. The summed E-state index contributed by atoms with van der Waals surface area (Å²) in [5.41, 5.74) is 4.40. The molecule has 1 saturated heterocycles. The summed E-state index contributed by atoms with van der Waals surface area (Å²) in [6, 6.07) is 13.1. The lowest BCUT2D eigenvalue weighted by Crippen LogP contribution is -2.50. The number of aromatic nitrogens is 2. The number of nitrogens with zero attached hydrogens (tertiary/aromatic N) is 3. The first-order valence-electron chi connectivity index (χ1n) is 12.4. The van der Waals surface area contributed by atoms with E-state index >= 15 is 0 Å². The van der Waals surface area contributed by atoms with Crippen LogP contribution in [0.5, 0.6) is 5.19 Å². The van der Waals surface area contributed by atoms with Gasteiger partial charge in [-0.1, -0.05) is 41.1 Å². The topological polar surface area (TPSA) is 84.4 Å². The number of carbonyl (C=O) groups is 2. The molecule has 2 aliphatic rings. The van der Waals surface area contributed by atoms with Crippen molar-refractivity contribution in [1.29, 1.82) is 0 Å². The summed E-state index contributed by atoms with van der Waals surface area (Å²) in [7, 11) is 0. The lowest BCUT2D eigenvalue weighted by atomic mass is 9.98. The maximum atomic E-state index is 14.1. The Hall–Kier alpha value is -3.01. The van der Waals surface area contributed by atoms with E-state index in [1.54, 1.807) is 5.51 Å². The number of hydrogen-bond acceptors (Lipinski definition) is 7. The van der Waals surface area contributed by atoms with Crippen LogP contribution in [0.15, 0.2) is 48.0 Å².